The molecule has 1 aliphatic heterocycles. The second-order valence-corrected chi connectivity index (χ2v) is 25.7. The highest BCUT2D eigenvalue weighted by Crippen LogP contribution is 2.47. The third-order valence-corrected chi connectivity index (χ3v) is 21.2. The number of nitrogens with zero attached hydrogens (tertiary/aromatic N) is 2. The molecule has 0 unspecified atom stereocenters. The molecule has 2 fully saturated rings. The molecule has 0 bridgehead atoms. The van der Waals surface area contributed by atoms with Crippen molar-refractivity contribution in [2.75, 3.05) is 18.5 Å². The molecule has 0 aromatic carbocycles. The maximum Gasteiger partial charge on any atom is 0.233 e. The van der Waals surface area contributed by atoms with E-state index >= 15 is 0 Å². The van der Waals surface area contributed by atoms with Gasteiger partial charge in [0, 0.05) is 36.9 Å². The summed E-state index contributed by atoms with van der Waals surface area (Å²) in [5, 5.41) is 3.77. The molecular weight excluding hydrogens is 587 g/mol. The zero-order valence-corrected chi connectivity index (χ0v) is 31.0. The van der Waals surface area contributed by atoms with Gasteiger partial charge in [-0.05, 0) is 66.5 Å². The Morgan fingerprint density at radius 1 is 1.09 bits per heavy atom. The lowest BCUT2D eigenvalue weighted by Gasteiger charge is -2.45. The monoisotopic (exact) mass is 643 g/mol. The SMILES string of the molecule is CC(C)[Si](O[C@H]1C[C@H](Nc2ncncc2C(=O)c2cc([C@@H]3CCCO3)co2)C[C@@H]1CO[Si](C)(C)C(C)(C)C)(C(C)C)C(C)C. The van der Waals surface area contributed by atoms with Gasteiger partial charge in [-0.25, -0.2) is 9.97 Å². The Morgan fingerprint density at radius 3 is 2.36 bits per heavy atom. The molecule has 2 aromatic rings. The highest BCUT2D eigenvalue weighted by molar-refractivity contribution is 6.77. The minimum Gasteiger partial charge on any atom is -0.460 e. The van der Waals surface area contributed by atoms with Crippen molar-refractivity contribution in [3.63, 3.8) is 0 Å². The Labute approximate surface area is 267 Å². The molecule has 1 saturated carbocycles. The summed E-state index contributed by atoms with van der Waals surface area (Å²) in [5.41, 5.74) is 2.81. The summed E-state index contributed by atoms with van der Waals surface area (Å²) in [6, 6.07) is 1.89. The van der Waals surface area contributed by atoms with Crippen molar-refractivity contribution in [1.82, 2.24) is 9.97 Å². The highest BCUT2D eigenvalue weighted by atomic mass is 28.4. The fourth-order valence-electron chi connectivity index (χ4n) is 7.14. The average Bonchev–Trinajstić information content (AvgIpc) is 3.70. The summed E-state index contributed by atoms with van der Waals surface area (Å²) in [6.07, 6.45) is 8.47. The smallest absolute Gasteiger partial charge is 0.233 e. The van der Waals surface area contributed by atoms with Crippen LogP contribution < -0.4 is 5.32 Å². The van der Waals surface area contributed by atoms with Crippen molar-refractivity contribution in [3.8, 4) is 0 Å². The van der Waals surface area contributed by atoms with E-state index in [1.807, 2.05) is 0 Å². The maximum absolute atomic E-state index is 13.6. The zero-order chi connectivity index (χ0) is 32.4. The Morgan fingerprint density at radius 2 is 1.77 bits per heavy atom. The lowest BCUT2D eigenvalue weighted by molar-refractivity contribution is 0.0971. The van der Waals surface area contributed by atoms with Gasteiger partial charge < -0.3 is 23.3 Å². The van der Waals surface area contributed by atoms with Crippen LogP contribution in [0, 0.1) is 5.92 Å². The Kier molecular flexibility index (Phi) is 11.0. The van der Waals surface area contributed by atoms with Gasteiger partial charge in [-0.1, -0.05) is 62.3 Å². The van der Waals surface area contributed by atoms with Crippen LogP contribution >= 0.6 is 0 Å². The Balaban J connectivity index is 1.57. The molecular formula is C34H57N3O5Si2. The van der Waals surface area contributed by atoms with E-state index in [2.05, 4.69) is 90.7 Å². The van der Waals surface area contributed by atoms with E-state index in [0.717, 1.165) is 37.9 Å². The molecule has 1 aliphatic carbocycles. The first-order valence-corrected chi connectivity index (χ1v) is 21.7. The average molecular weight is 644 g/mol. The van der Waals surface area contributed by atoms with Crippen LogP contribution in [0.5, 0.6) is 0 Å². The fraction of sp³-hybridized carbons (Fsp3) is 0.735. The van der Waals surface area contributed by atoms with Gasteiger partial charge in [0.25, 0.3) is 0 Å². The van der Waals surface area contributed by atoms with Crippen molar-refractivity contribution in [2.45, 2.75) is 141 Å². The second kappa shape index (κ2) is 13.9. The number of furan rings is 1. The summed E-state index contributed by atoms with van der Waals surface area (Å²) < 4.78 is 25.7. The van der Waals surface area contributed by atoms with Crippen LogP contribution in [0.2, 0.25) is 34.8 Å². The highest BCUT2D eigenvalue weighted by Gasteiger charge is 2.50. The van der Waals surface area contributed by atoms with Gasteiger partial charge in [-0.3, -0.25) is 4.79 Å². The van der Waals surface area contributed by atoms with E-state index in [1.165, 1.54) is 6.33 Å². The summed E-state index contributed by atoms with van der Waals surface area (Å²) in [6.45, 7) is 27.0. The standard InChI is InChI=1S/C34H57N3O5Si2/c1-22(2)44(23(3)4,24(5)6)42-30-17-27(15-25(30)20-41-43(10,11)34(7,8)9)37-33-28(18-35-21-36-33)32(38)31-16-26(19-40-31)29-13-12-14-39-29/h16,18-19,21-25,27,29-30H,12-15,17,20H2,1-11H3,(H,35,36,37)/t25-,27-,29+,30+/m1/s1. The number of aromatic nitrogens is 2. The number of rotatable bonds is 13. The molecule has 4 atom stereocenters. The summed E-state index contributed by atoms with van der Waals surface area (Å²) >= 11 is 0. The number of nitrogens with one attached hydrogen (secondary N) is 1. The molecule has 1 saturated heterocycles. The van der Waals surface area contributed by atoms with E-state index in [0.29, 0.717) is 34.6 Å². The maximum atomic E-state index is 13.6. The van der Waals surface area contributed by atoms with Crippen molar-refractivity contribution in [2.24, 2.45) is 5.92 Å². The molecule has 44 heavy (non-hydrogen) atoms. The number of carbonyl (C=O) groups is 1. The van der Waals surface area contributed by atoms with Crippen molar-refractivity contribution in [3.05, 3.63) is 41.7 Å². The third kappa shape index (κ3) is 7.40. The topological polar surface area (TPSA) is 95.7 Å². The van der Waals surface area contributed by atoms with Crippen LogP contribution in [0.4, 0.5) is 5.82 Å². The van der Waals surface area contributed by atoms with Crippen LogP contribution in [0.1, 0.15) is 116 Å². The van der Waals surface area contributed by atoms with Gasteiger partial charge in [0.15, 0.2) is 14.1 Å². The van der Waals surface area contributed by atoms with Crippen molar-refractivity contribution < 1.29 is 22.8 Å². The van der Waals surface area contributed by atoms with E-state index < -0.39 is 16.6 Å². The molecule has 10 heteroatoms. The summed E-state index contributed by atoms with van der Waals surface area (Å²) in [7, 11) is -4.06. The van der Waals surface area contributed by atoms with Gasteiger partial charge in [0.05, 0.1) is 24.0 Å². The molecule has 1 N–H and O–H groups in total. The third-order valence-electron chi connectivity index (χ3n) is 10.6. The zero-order valence-electron chi connectivity index (χ0n) is 29.0. The predicted molar refractivity (Wildman–Crippen MR) is 181 cm³/mol. The molecule has 246 valence electrons. The molecule has 0 spiro atoms. The number of hydrogen-bond acceptors (Lipinski definition) is 8. The van der Waals surface area contributed by atoms with Gasteiger partial charge >= 0.3 is 0 Å². The quantitative estimate of drug-likeness (QED) is 0.171. The molecule has 2 aliphatic rings. The van der Waals surface area contributed by atoms with E-state index in [4.69, 9.17) is 18.0 Å². The number of carbonyl (C=O) groups excluding carboxylic acids is 1. The van der Waals surface area contributed by atoms with E-state index in [1.54, 1.807) is 18.5 Å². The van der Waals surface area contributed by atoms with Crippen LogP contribution in [0.3, 0.4) is 0 Å². The first-order valence-electron chi connectivity index (χ1n) is 16.7. The van der Waals surface area contributed by atoms with Gasteiger partial charge in [0.2, 0.25) is 14.1 Å². The minimum absolute atomic E-state index is 0.0102. The number of ketones is 1. The lowest BCUT2D eigenvalue weighted by Crippen LogP contribution is -2.51. The fourth-order valence-corrected chi connectivity index (χ4v) is 13.8. The Bertz CT molecular complexity index is 1230. The number of ether oxygens (including phenoxy) is 1. The predicted octanol–water partition coefficient (Wildman–Crippen LogP) is 8.93. The van der Waals surface area contributed by atoms with Crippen molar-refractivity contribution in [1.29, 1.82) is 0 Å². The van der Waals surface area contributed by atoms with Gasteiger partial charge in [-0.15, -0.1) is 0 Å². The first kappa shape index (κ1) is 35.0. The number of anilines is 1. The van der Waals surface area contributed by atoms with Crippen LogP contribution in [-0.2, 0) is 13.6 Å². The normalized spacial score (nSPS) is 23.3. The summed E-state index contributed by atoms with van der Waals surface area (Å²) in [5.74, 6) is 0.842. The minimum atomic E-state index is -2.12. The van der Waals surface area contributed by atoms with Crippen LogP contribution in [0.15, 0.2) is 29.3 Å². The number of hydrogen-bond donors (Lipinski definition) is 1. The molecule has 0 amide bonds. The van der Waals surface area contributed by atoms with Crippen LogP contribution in [0.25, 0.3) is 0 Å². The van der Waals surface area contributed by atoms with Gasteiger partial charge in [-0.2, -0.15) is 0 Å². The van der Waals surface area contributed by atoms with E-state index in [9.17, 15) is 4.79 Å². The molecule has 8 nitrogen and oxygen atoms in total. The largest absolute Gasteiger partial charge is 0.460 e. The molecule has 4 rings (SSSR count). The van der Waals surface area contributed by atoms with Gasteiger partial charge in [0.1, 0.15) is 12.1 Å². The Hall–Kier alpha value is -1.86. The van der Waals surface area contributed by atoms with Crippen molar-refractivity contribution >= 4 is 28.2 Å². The molecule has 2 aromatic heterocycles. The molecule has 0 radical (unpaired) electrons. The molecule has 3 heterocycles. The van der Waals surface area contributed by atoms with Crippen LogP contribution in [-0.4, -0.2) is 57.7 Å². The second-order valence-electron chi connectivity index (χ2n) is 15.5. The lowest BCUT2D eigenvalue weighted by atomic mass is 10.1. The van der Waals surface area contributed by atoms with E-state index in [-0.39, 0.29) is 40.7 Å². The first-order chi connectivity index (χ1) is 20.6. The summed E-state index contributed by atoms with van der Waals surface area (Å²) in [4.78, 5) is 22.4.